The number of carboxylic acids is 1. The zero-order chi connectivity index (χ0) is 15.0. The molecule has 1 N–H and O–H groups in total. The quantitative estimate of drug-likeness (QED) is 0.585. The van der Waals surface area contributed by atoms with Crippen molar-refractivity contribution in [1.29, 1.82) is 0 Å². The third kappa shape index (κ3) is 4.37. The molecule has 1 rings (SSSR count). The number of carboxylic acid groups (broad SMARTS) is 1. The summed E-state index contributed by atoms with van der Waals surface area (Å²) < 4.78 is 4.93. The highest BCUT2D eigenvalue weighted by molar-refractivity contribution is 5.95. The maximum absolute atomic E-state index is 12.0. The molecule has 1 aromatic carbocycles. The number of aliphatic carboxylic acids is 1. The molecule has 0 radical (unpaired) electrons. The minimum absolute atomic E-state index is 0.192. The Kier molecular flexibility index (Phi) is 6.77. The summed E-state index contributed by atoms with van der Waals surface area (Å²) in [5, 5.41) is 9.40. The molecule has 110 valence electrons. The predicted molar refractivity (Wildman–Crippen MR) is 76.5 cm³/mol. The van der Waals surface area contributed by atoms with Crippen LogP contribution in [0.25, 0.3) is 0 Å². The molecule has 4 heteroatoms. The van der Waals surface area contributed by atoms with E-state index in [0.717, 1.165) is 18.4 Å². The Morgan fingerprint density at radius 2 is 1.85 bits per heavy atom. The van der Waals surface area contributed by atoms with Gasteiger partial charge in [0, 0.05) is 5.92 Å². The van der Waals surface area contributed by atoms with Crippen LogP contribution in [0.1, 0.15) is 44.6 Å². The van der Waals surface area contributed by atoms with Gasteiger partial charge in [0.05, 0.1) is 6.61 Å². The van der Waals surface area contributed by atoms with Crippen LogP contribution in [0.3, 0.4) is 0 Å². The van der Waals surface area contributed by atoms with Gasteiger partial charge in [0.25, 0.3) is 0 Å². The molecule has 20 heavy (non-hydrogen) atoms. The van der Waals surface area contributed by atoms with Crippen LogP contribution >= 0.6 is 0 Å². The van der Waals surface area contributed by atoms with Crippen molar-refractivity contribution in [3.8, 4) is 0 Å². The summed E-state index contributed by atoms with van der Waals surface area (Å²) in [7, 11) is 0. The number of carbonyl (C=O) groups is 2. The van der Waals surface area contributed by atoms with Crippen LogP contribution < -0.4 is 0 Å². The van der Waals surface area contributed by atoms with Gasteiger partial charge in [-0.25, -0.2) is 0 Å². The van der Waals surface area contributed by atoms with Crippen LogP contribution in [0, 0.1) is 5.92 Å². The minimum Gasteiger partial charge on any atom is -0.481 e. The van der Waals surface area contributed by atoms with Gasteiger partial charge in [0.15, 0.2) is 5.92 Å². The van der Waals surface area contributed by atoms with E-state index in [-0.39, 0.29) is 12.5 Å². The number of benzene rings is 1. The van der Waals surface area contributed by atoms with Crippen LogP contribution in [0.5, 0.6) is 0 Å². The second-order valence-corrected chi connectivity index (χ2v) is 4.73. The van der Waals surface area contributed by atoms with Crippen molar-refractivity contribution in [3.05, 3.63) is 35.9 Å². The summed E-state index contributed by atoms with van der Waals surface area (Å²) >= 11 is 0. The van der Waals surface area contributed by atoms with Crippen molar-refractivity contribution in [2.75, 3.05) is 6.61 Å². The van der Waals surface area contributed by atoms with Gasteiger partial charge in [0.2, 0.25) is 0 Å². The van der Waals surface area contributed by atoms with Crippen LogP contribution in [0.15, 0.2) is 30.3 Å². The van der Waals surface area contributed by atoms with Gasteiger partial charge in [-0.1, -0.05) is 50.1 Å². The lowest BCUT2D eigenvalue weighted by atomic mass is 9.82. The first-order valence-corrected chi connectivity index (χ1v) is 7.06. The van der Waals surface area contributed by atoms with Gasteiger partial charge in [-0.15, -0.1) is 0 Å². The second kappa shape index (κ2) is 8.35. The van der Waals surface area contributed by atoms with Gasteiger partial charge in [-0.3, -0.25) is 9.59 Å². The number of hydrogen-bond acceptors (Lipinski definition) is 3. The molecule has 0 aliphatic heterocycles. The van der Waals surface area contributed by atoms with Gasteiger partial charge < -0.3 is 9.84 Å². The third-order valence-electron chi connectivity index (χ3n) is 3.31. The highest BCUT2D eigenvalue weighted by Gasteiger charge is 2.36. The number of hydrogen-bond donors (Lipinski definition) is 1. The van der Waals surface area contributed by atoms with E-state index >= 15 is 0 Å². The van der Waals surface area contributed by atoms with Crippen molar-refractivity contribution >= 4 is 11.9 Å². The molecule has 0 saturated carbocycles. The number of esters is 1. The fourth-order valence-electron chi connectivity index (χ4n) is 2.32. The molecule has 0 amide bonds. The molecule has 2 unspecified atom stereocenters. The smallest absolute Gasteiger partial charge is 0.320 e. The zero-order valence-corrected chi connectivity index (χ0v) is 12.0. The summed E-state index contributed by atoms with van der Waals surface area (Å²) in [5.41, 5.74) is 0.876. The number of ether oxygens (including phenoxy) is 1. The first kappa shape index (κ1) is 16.2. The lowest BCUT2D eigenvalue weighted by Gasteiger charge is -2.23. The molecule has 2 atom stereocenters. The summed E-state index contributed by atoms with van der Waals surface area (Å²) in [6.07, 6.45) is 2.50. The SMILES string of the molecule is CCCCC(c1ccccc1)C(C(=O)O)C(=O)OCC. The molecule has 0 aliphatic carbocycles. The van der Waals surface area contributed by atoms with Crippen molar-refractivity contribution in [2.24, 2.45) is 5.92 Å². The molecule has 0 spiro atoms. The Morgan fingerprint density at radius 3 is 2.35 bits per heavy atom. The average molecular weight is 278 g/mol. The Bertz CT molecular complexity index is 427. The van der Waals surface area contributed by atoms with Gasteiger partial charge in [0.1, 0.15) is 0 Å². The van der Waals surface area contributed by atoms with E-state index in [9.17, 15) is 14.7 Å². The van der Waals surface area contributed by atoms with Crippen molar-refractivity contribution in [3.63, 3.8) is 0 Å². The number of unbranched alkanes of at least 4 members (excludes halogenated alkanes) is 1. The summed E-state index contributed by atoms with van der Waals surface area (Å²) in [6, 6.07) is 9.34. The molecular weight excluding hydrogens is 256 g/mol. The highest BCUT2D eigenvalue weighted by Crippen LogP contribution is 2.31. The van der Waals surface area contributed by atoms with E-state index in [4.69, 9.17) is 4.74 Å². The van der Waals surface area contributed by atoms with Crippen molar-refractivity contribution in [2.45, 2.75) is 39.0 Å². The molecule has 0 heterocycles. The van der Waals surface area contributed by atoms with Crippen LogP contribution in [-0.2, 0) is 14.3 Å². The predicted octanol–water partition coefficient (Wildman–Crippen LogP) is 3.22. The standard InChI is InChI=1S/C16H22O4/c1-3-5-11-13(12-9-7-6-8-10-12)14(15(17)18)16(19)20-4-2/h6-10,13-14H,3-5,11H2,1-2H3,(H,17,18). The Balaban J connectivity index is 3.05. The Hall–Kier alpha value is -1.84. The maximum atomic E-state index is 12.0. The normalized spacial score (nSPS) is 13.5. The highest BCUT2D eigenvalue weighted by atomic mass is 16.5. The van der Waals surface area contributed by atoms with E-state index in [1.807, 2.05) is 37.3 Å². The fraction of sp³-hybridized carbons (Fsp3) is 0.500. The van der Waals surface area contributed by atoms with Gasteiger partial charge >= 0.3 is 11.9 Å². The van der Waals surface area contributed by atoms with Crippen LogP contribution in [0.2, 0.25) is 0 Å². The lowest BCUT2D eigenvalue weighted by molar-refractivity contribution is -0.159. The molecular formula is C16H22O4. The van der Waals surface area contributed by atoms with Crippen molar-refractivity contribution < 1.29 is 19.4 Å². The largest absolute Gasteiger partial charge is 0.481 e. The molecule has 0 fully saturated rings. The molecule has 0 aromatic heterocycles. The Morgan fingerprint density at radius 1 is 1.20 bits per heavy atom. The van der Waals surface area contributed by atoms with E-state index in [2.05, 4.69) is 0 Å². The minimum atomic E-state index is -1.14. The molecule has 0 saturated heterocycles. The summed E-state index contributed by atoms with van der Waals surface area (Å²) in [4.78, 5) is 23.5. The zero-order valence-electron chi connectivity index (χ0n) is 12.0. The topological polar surface area (TPSA) is 63.6 Å². The van der Waals surface area contributed by atoms with Crippen molar-refractivity contribution in [1.82, 2.24) is 0 Å². The summed E-state index contributed by atoms with van der Waals surface area (Å²) in [6.45, 7) is 3.92. The summed E-state index contributed by atoms with van der Waals surface area (Å²) in [5.74, 6) is -3.24. The Labute approximate surface area is 119 Å². The second-order valence-electron chi connectivity index (χ2n) is 4.73. The molecule has 1 aromatic rings. The molecule has 0 aliphatic rings. The van der Waals surface area contributed by atoms with Gasteiger partial charge in [-0.2, -0.15) is 0 Å². The monoisotopic (exact) mass is 278 g/mol. The molecule has 0 bridgehead atoms. The number of carbonyl (C=O) groups excluding carboxylic acids is 1. The van der Waals surface area contributed by atoms with Crippen LogP contribution in [-0.4, -0.2) is 23.7 Å². The van der Waals surface area contributed by atoms with E-state index < -0.39 is 17.9 Å². The fourth-order valence-corrected chi connectivity index (χ4v) is 2.32. The first-order valence-electron chi connectivity index (χ1n) is 7.06. The first-order chi connectivity index (χ1) is 9.61. The van der Waals surface area contributed by atoms with Gasteiger partial charge in [-0.05, 0) is 18.9 Å². The van der Waals surface area contributed by atoms with E-state index in [1.165, 1.54) is 0 Å². The maximum Gasteiger partial charge on any atom is 0.320 e. The van der Waals surface area contributed by atoms with E-state index in [0.29, 0.717) is 6.42 Å². The van der Waals surface area contributed by atoms with Crippen LogP contribution in [0.4, 0.5) is 0 Å². The number of rotatable bonds is 8. The lowest BCUT2D eigenvalue weighted by Crippen LogP contribution is -2.32. The van der Waals surface area contributed by atoms with E-state index in [1.54, 1.807) is 6.92 Å². The average Bonchev–Trinajstić information content (AvgIpc) is 2.44. The third-order valence-corrected chi connectivity index (χ3v) is 3.31. The molecule has 4 nitrogen and oxygen atoms in total.